The number of phenols is 1. The Bertz CT molecular complexity index is 1140. The van der Waals surface area contributed by atoms with Gasteiger partial charge in [0.1, 0.15) is 11.6 Å². The van der Waals surface area contributed by atoms with Crippen molar-refractivity contribution in [2.24, 2.45) is 0 Å². The van der Waals surface area contributed by atoms with Gasteiger partial charge in [-0.15, -0.1) is 0 Å². The molecule has 1 heterocycles. The topological polar surface area (TPSA) is 145 Å². The van der Waals surface area contributed by atoms with Crippen LogP contribution in [-0.2, 0) is 4.74 Å². The van der Waals surface area contributed by atoms with Gasteiger partial charge in [-0.05, 0) is 69.2 Å². The van der Waals surface area contributed by atoms with Crippen molar-refractivity contribution < 1.29 is 14.6 Å². The Balaban J connectivity index is 1.79. The lowest BCUT2D eigenvalue weighted by Gasteiger charge is -2.39. The third-order valence-corrected chi connectivity index (χ3v) is 5.63. The molecule has 3 atom stereocenters. The fraction of sp³-hybridized carbons (Fsp3) is 0.308. The number of hydrogen-bond acceptors (Lipinski definition) is 8. The molecule has 9 heteroatoms. The molecular formula is C26H32N6O3. The number of amides is 1. The van der Waals surface area contributed by atoms with Gasteiger partial charge in [-0.3, -0.25) is 25.9 Å². The molecule has 0 aliphatic carbocycles. The molecule has 0 aromatic heterocycles. The Morgan fingerprint density at radius 3 is 2.40 bits per heavy atom. The summed E-state index contributed by atoms with van der Waals surface area (Å²) in [6.07, 6.45) is 4.50. The van der Waals surface area contributed by atoms with Crippen molar-refractivity contribution in [3.05, 3.63) is 71.9 Å². The number of rotatable bonds is 6. The molecule has 0 spiro atoms. The monoisotopic (exact) mass is 476 g/mol. The van der Waals surface area contributed by atoms with E-state index in [1.807, 2.05) is 0 Å². The second-order valence-corrected chi connectivity index (χ2v) is 8.75. The number of ether oxygens (including phenoxy) is 1. The molecule has 0 radical (unpaired) electrons. The van der Waals surface area contributed by atoms with Crippen LogP contribution in [0.2, 0.25) is 0 Å². The van der Waals surface area contributed by atoms with Gasteiger partial charge in [0.15, 0.2) is 5.90 Å². The second-order valence-electron chi connectivity index (χ2n) is 8.75. The first-order chi connectivity index (χ1) is 16.6. The summed E-state index contributed by atoms with van der Waals surface area (Å²) in [5.41, 5.74) is 1.49. The highest BCUT2D eigenvalue weighted by molar-refractivity contribution is 6.09. The van der Waals surface area contributed by atoms with Crippen LogP contribution in [0.1, 0.15) is 49.5 Å². The summed E-state index contributed by atoms with van der Waals surface area (Å²) in [6, 6.07) is 13.4. The van der Waals surface area contributed by atoms with E-state index in [4.69, 9.17) is 21.0 Å². The van der Waals surface area contributed by atoms with Gasteiger partial charge in [-0.1, -0.05) is 12.1 Å². The first-order valence-electron chi connectivity index (χ1n) is 11.5. The number of carbonyl (C=O) groups is 1. The van der Waals surface area contributed by atoms with E-state index < -0.39 is 0 Å². The van der Waals surface area contributed by atoms with Crippen LogP contribution in [0.5, 0.6) is 5.75 Å². The highest BCUT2D eigenvalue weighted by atomic mass is 16.5. The molecule has 6 N–H and O–H groups in total. The number of aromatic hydroxyl groups is 1. The van der Waals surface area contributed by atoms with Crippen LogP contribution in [0.3, 0.4) is 0 Å². The van der Waals surface area contributed by atoms with Gasteiger partial charge in [0, 0.05) is 48.1 Å². The maximum Gasteiger partial charge on any atom is 0.259 e. The summed E-state index contributed by atoms with van der Waals surface area (Å²) in [5, 5.41) is 40.4. The van der Waals surface area contributed by atoms with Gasteiger partial charge < -0.3 is 20.5 Å². The summed E-state index contributed by atoms with van der Waals surface area (Å²) in [4.78, 5) is 14.9. The van der Waals surface area contributed by atoms with Crippen LogP contribution in [0.15, 0.2) is 60.8 Å². The molecular weight excluding hydrogens is 444 g/mol. The molecule has 1 aliphatic rings. The van der Waals surface area contributed by atoms with Gasteiger partial charge in [0.05, 0.1) is 0 Å². The van der Waals surface area contributed by atoms with E-state index in [9.17, 15) is 9.90 Å². The Kier molecular flexibility index (Phi) is 8.38. The summed E-state index contributed by atoms with van der Waals surface area (Å²) in [7, 11) is 0. The molecule has 2 aromatic carbocycles. The van der Waals surface area contributed by atoms with E-state index in [1.54, 1.807) is 42.6 Å². The van der Waals surface area contributed by atoms with E-state index in [0.717, 1.165) is 0 Å². The molecule has 35 heavy (non-hydrogen) atoms. The average molecular weight is 477 g/mol. The second kappa shape index (κ2) is 11.4. The number of benzene rings is 2. The van der Waals surface area contributed by atoms with Crippen molar-refractivity contribution in [3.8, 4) is 5.75 Å². The van der Waals surface area contributed by atoms with Gasteiger partial charge in [0.2, 0.25) is 5.90 Å². The maximum absolute atomic E-state index is 13.4. The van der Waals surface area contributed by atoms with Crippen LogP contribution >= 0.6 is 0 Å². The lowest BCUT2D eigenvalue weighted by molar-refractivity contribution is 0.0755. The summed E-state index contributed by atoms with van der Waals surface area (Å²) in [5.74, 6) is -0.505. The van der Waals surface area contributed by atoms with Crippen molar-refractivity contribution in [2.75, 3.05) is 5.32 Å². The minimum absolute atomic E-state index is 0.000717. The first-order valence-corrected chi connectivity index (χ1v) is 11.5. The van der Waals surface area contributed by atoms with Crippen molar-refractivity contribution in [1.29, 1.82) is 16.2 Å². The Morgan fingerprint density at radius 1 is 1.09 bits per heavy atom. The van der Waals surface area contributed by atoms with E-state index in [0.29, 0.717) is 29.7 Å². The van der Waals surface area contributed by atoms with Crippen LogP contribution < -0.4 is 10.6 Å². The van der Waals surface area contributed by atoms with Crippen LogP contribution in [-0.4, -0.2) is 51.7 Å². The lowest BCUT2D eigenvalue weighted by Crippen LogP contribution is -2.53. The molecule has 184 valence electrons. The molecule has 0 saturated carbocycles. The van der Waals surface area contributed by atoms with Gasteiger partial charge in [-0.2, -0.15) is 0 Å². The molecule has 1 amide bonds. The number of hydrogen-bond donors (Lipinski definition) is 6. The zero-order valence-electron chi connectivity index (χ0n) is 20.1. The van der Waals surface area contributed by atoms with Gasteiger partial charge >= 0.3 is 0 Å². The molecule has 1 fully saturated rings. The fourth-order valence-corrected chi connectivity index (χ4v) is 4.25. The van der Waals surface area contributed by atoms with Gasteiger partial charge in [0.25, 0.3) is 5.91 Å². The smallest absolute Gasteiger partial charge is 0.259 e. The quantitative estimate of drug-likeness (QED) is 0.272. The minimum atomic E-state index is -0.337. The van der Waals surface area contributed by atoms with Crippen LogP contribution in [0.4, 0.5) is 5.69 Å². The number of amidine groups is 1. The summed E-state index contributed by atoms with van der Waals surface area (Å²) in [6.45, 7) is 5.59. The maximum atomic E-state index is 13.4. The average Bonchev–Trinajstić information content (AvgIpc) is 2.78. The number of anilines is 1. The third kappa shape index (κ3) is 7.00. The third-order valence-electron chi connectivity index (χ3n) is 5.63. The molecule has 1 saturated heterocycles. The van der Waals surface area contributed by atoms with Crippen molar-refractivity contribution >= 4 is 29.2 Å². The number of nitrogens with zero attached hydrogens (tertiary/aromatic N) is 1. The standard InChI is InChI=1S/C26H32N6O3/c1-16-12-22(13-17(2)31-16)32(26(34)20-7-5-9-23(33)15-20)24(28)10-11-30-21-8-4-6-19(14-21)25(29)35-18(3)27/h4-11,14-17,22,27-31,33H,12-13H2,1-3H3/b11-10-,27-18?,28-24?,29-25?/t16-,17+,22?. The zero-order valence-corrected chi connectivity index (χ0v) is 20.1. The molecule has 1 unspecified atom stereocenters. The Morgan fingerprint density at radius 2 is 1.74 bits per heavy atom. The number of phenolic OH excluding ortho intramolecular Hbond substituents is 1. The van der Waals surface area contributed by atoms with E-state index in [-0.39, 0.29) is 47.4 Å². The predicted molar refractivity (Wildman–Crippen MR) is 138 cm³/mol. The fourth-order valence-electron chi connectivity index (χ4n) is 4.25. The minimum Gasteiger partial charge on any atom is -0.508 e. The van der Waals surface area contributed by atoms with Crippen LogP contribution in [0, 0.1) is 16.2 Å². The van der Waals surface area contributed by atoms with E-state index in [1.165, 1.54) is 30.0 Å². The molecule has 1 aliphatic heterocycles. The number of nitrogens with one attached hydrogen (secondary N) is 5. The highest BCUT2D eigenvalue weighted by Gasteiger charge is 2.33. The molecule has 3 rings (SSSR count). The number of piperidine rings is 1. The zero-order chi connectivity index (χ0) is 25.5. The summed E-state index contributed by atoms with van der Waals surface area (Å²) < 4.78 is 5.05. The van der Waals surface area contributed by atoms with Crippen LogP contribution in [0.25, 0.3) is 0 Å². The highest BCUT2D eigenvalue weighted by Crippen LogP contribution is 2.23. The normalized spacial score (nSPS) is 19.7. The Labute approximate surface area is 205 Å². The van der Waals surface area contributed by atoms with Gasteiger partial charge in [-0.25, -0.2) is 0 Å². The summed E-state index contributed by atoms with van der Waals surface area (Å²) >= 11 is 0. The molecule has 2 aromatic rings. The molecule has 0 bridgehead atoms. The van der Waals surface area contributed by atoms with Crippen molar-refractivity contribution in [2.45, 2.75) is 51.7 Å². The lowest BCUT2D eigenvalue weighted by atomic mass is 9.93. The van der Waals surface area contributed by atoms with Crippen molar-refractivity contribution in [1.82, 2.24) is 10.2 Å². The van der Waals surface area contributed by atoms with Crippen molar-refractivity contribution in [3.63, 3.8) is 0 Å². The van der Waals surface area contributed by atoms with E-state index >= 15 is 0 Å². The first kappa shape index (κ1) is 25.6. The number of carbonyl (C=O) groups excluding carboxylic acids is 1. The Hall–Kier alpha value is -3.98. The SMILES string of the molecule is CC(=N)OC(=N)c1cccc(N/C=C\C(=N)N(C(=O)c2cccc(O)c2)C2C[C@@H](C)N[C@@H](C)C2)c1. The van der Waals surface area contributed by atoms with E-state index in [2.05, 4.69) is 24.5 Å². The molecule has 9 nitrogen and oxygen atoms in total. The predicted octanol–water partition coefficient (Wildman–Crippen LogP) is 4.31. The largest absolute Gasteiger partial charge is 0.508 e.